The fourth-order valence-corrected chi connectivity index (χ4v) is 1.67. The average molecular weight is 374 g/mol. The predicted molar refractivity (Wildman–Crippen MR) is 93.3 cm³/mol. The van der Waals surface area contributed by atoms with Crippen molar-refractivity contribution in [2.75, 3.05) is 39.6 Å². The molecule has 0 aromatic carbocycles. The Bertz CT molecular complexity index is 444. The maximum atomic E-state index is 12.1. The molecule has 0 bridgehead atoms. The maximum Gasteiger partial charge on any atom is 0.334 e. The first-order valence-electron chi connectivity index (χ1n) is 8.93. The van der Waals surface area contributed by atoms with Gasteiger partial charge in [0.15, 0.2) is 0 Å². The second kappa shape index (κ2) is 16.5. The lowest BCUT2D eigenvalue weighted by atomic mass is 10.2. The molecule has 0 saturated carbocycles. The molecule has 150 valence electrons. The largest absolute Gasteiger partial charge is 0.463 e. The van der Waals surface area contributed by atoms with Gasteiger partial charge >= 0.3 is 17.9 Å². The van der Waals surface area contributed by atoms with E-state index in [0.717, 1.165) is 18.9 Å². The zero-order valence-electron chi connectivity index (χ0n) is 15.7. The Hall–Kier alpha value is -1.93. The van der Waals surface area contributed by atoms with Gasteiger partial charge in [-0.25, -0.2) is 9.59 Å². The minimum Gasteiger partial charge on any atom is -0.463 e. The monoisotopic (exact) mass is 374 g/mol. The molecule has 0 fully saturated rings. The van der Waals surface area contributed by atoms with Crippen LogP contribution >= 0.6 is 0 Å². The molecule has 0 rings (SSSR count). The van der Waals surface area contributed by atoms with Crippen molar-refractivity contribution in [2.45, 2.75) is 46.0 Å². The molecule has 8 nitrogen and oxygen atoms in total. The van der Waals surface area contributed by atoms with Crippen LogP contribution in [0.5, 0.6) is 0 Å². The number of aliphatic hydroxyl groups is 1. The average Bonchev–Trinajstić information content (AvgIpc) is 2.61. The summed E-state index contributed by atoms with van der Waals surface area (Å²) in [5.74, 6) is -2.11. The number of carbonyl (C=O) groups is 3. The van der Waals surface area contributed by atoms with E-state index in [4.69, 9.17) is 24.1 Å². The minimum absolute atomic E-state index is 0.0159. The standard InChI is InChI=1S/C18H30O8/c1-3-5-8-24-16(20)13-15(18(22)26-9-6-4-2)14-17(21)25-12-11-23-10-7-19/h13,19H,3-12,14H2,1-2H3/b15-13-. The summed E-state index contributed by atoms with van der Waals surface area (Å²) in [6.45, 7) is 4.51. The van der Waals surface area contributed by atoms with E-state index in [-0.39, 0.29) is 45.2 Å². The van der Waals surface area contributed by atoms with Crippen LogP contribution in [-0.4, -0.2) is 62.7 Å². The molecular weight excluding hydrogens is 344 g/mol. The summed E-state index contributed by atoms with van der Waals surface area (Å²) in [4.78, 5) is 35.7. The Morgan fingerprint density at radius 2 is 1.50 bits per heavy atom. The second-order valence-corrected chi connectivity index (χ2v) is 5.41. The third-order valence-electron chi connectivity index (χ3n) is 3.09. The number of aliphatic hydroxyl groups excluding tert-OH is 1. The molecule has 0 unspecified atom stereocenters. The summed E-state index contributed by atoms with van der Waals surface area (Å²) in [5, 5.41) is 8.57. The van der Waals surface area contributed by atoms with E-state index in [1.165, 1.54) is 0 Å². The molecule has 0 aliphatic heterocycles. The fourth-order valence-electron chi connectivity index (χ4n) is 1.67. The van der Waals surface area contributed by atoms with E-state index >= 15 is 0 Å². The van der Waals surface area contributed by atoms with Gasteiger partial charge in [0.2, 0.25) is 0 Å². The molecule has 0 radical (unpaired) electrons. The number of rotatable bonds is 15. The lowest BCUT2D eigenvalue weighted by Crippen LogP contribution is -2.18. The molecule has 0 heterocycles. The van der Waals surface area contributed by atoms with Crippen LogP contribution in [0.3, 0.4) is 0 Å². The van der Waals surface area contributed by atoms with Gasteiger partial charge in [0, 0.05) is 6.08 Å². The lowest BCUT2D eigenvalue weighted by Gasteiger charge is -2.09. The SMILES string of the molecule is CCCCOC(=O)/C=C(/CC(=O)OCCOCCO)C(=O)OCCCC. The van der Waals surface area contributed by atoms with Gasteiger partial charge in [-0.15, -0.1) is 0 Å². The molecule has 0 aromatic rings. The van der Waals surface area contributed by atoms with Gasteiger partial charge < -0.3 is 24.1 Å². The van der Waals surface area contributed by atoms with Crippen LogP contribution in [0.15, 0.2) is 11.6 Å². The predicted octanol–water partition coefficient (Wildman–Crippen LogP) is 1.54. The van der Waals surface area contributed by atoms with E-state index in [0.29, 0.717) is 12.8 Å². The van der Waals surface area contributed by atoms with E-state index in [2.05, 4.69) is 0 Å². The Morgan fingerprint density at radius 3 is 2.12 bits per heavy atom. The summed E-state index contributed by atoms with van der Waals surface area (Å²) in [6, 6.07) is 0. The molecule has 0 saturated heterocycles. The number of hydrogen-bond acceptors (Lipinski definition) is 8. The molecular formula is C18H30O8. The topological polar surface area (TPSA) is 108 Å². The molecule has 0 amide bonds. The van der Waals surface area contributed by atoms with Crippen molar-refractivity contribution in [2.24, 2.45) is 0 Å². The maximum absolute atomic E-state index is 12.1. The van der Waals surface area contributed by atoms with Crippen LogP contribution in [0.1, 0.15) is 46.0 Å². The van der Waals surface area contributed by atoms with Crippen molar-refractivity contribution in [3.05, 3.63) is 11.6 Å². The third-order valence-corrected chi connectivity index (χ3v) is 3.09. The van der Waals surface area contributed by atoms with Crippen molar-refractivity contribution in [1.29, 1.82) is 0 Å². The van der Waals surface area contributed by atoms with Gasteiger partial charge in [-0.1, -0.05) is 26.7 Å². The molecule has 0 aliphatic rings. The van der Waals surface area contributed by atoms with Crippen molar-refractivity contribution in [1.82, 2.24) is 0 Å². The van der Waals surface area contributed by atoms with Gasteiger partial charge in [-0.3, -0.25) is 4.79 Å². The molecule has 0 aromatic heterocycles. The Kier molecular flexibility index (Phi) is 15.3. The van der Waals surface area contributed by atoms with Gasteiger partial charge in [0.05, 0.1) is 45.0 Å². The van der Waals surface area contributed by atoms with Gasteiger partial charge in [-0.05, 0) is 12.8 Å². The molecule has 1 N–H and O–H groups in total. The summed E-state index contributed by atoms with van der Waals surface area (Å²) >= 11 is 0. The van der Waals surface area contributed by atoms with Crippen LogP contribution in [0.2, 0.25) is 0 Å². The first kappa shape index (κ1) is 24.1. The highest BCUT2D eigenvalue weighted by Crippen LogP contribution is 2.08. The number of hydrogen-bond donors (Lipinski definition) is 1. The molecule has 0 aliphatic carbocycles. The Morgan fingerprint density at radius 1 is 0.846 bits per heavy atom. The molecule has 8 heteroatoms. The molecule has 0 spiro atoms. The number of esters is 3. The Balaban J connectivity index is 4.62. The van der Waals surface area contributed by atoms with Crippen LogP contribution in [0.4, 0.5) is 0 Å². The van der Waals surface area contributed by atoms with Crippen molar-refractivity contribution >= 4 is 17.9 Å². The van der Waals surface area contributed by atoms with Crippen LogP contribution in [0, 0.1) is 0 Å². The normalized spacial score (nSPS) is 11.1. The second-order valence-electron chi connectivity index (χ2n) is 5.41. The first-order chi connectivity index (χ1) is 12.5. The van der Waals surface area contributed by atoms with E-state index in [1.54, 1.807) is 0 Å². The van der Waals surface area contributed by atoms with Crippen molar-refractivity contribution < 1.29 is 38.4 Å². The highest BCUT2D eigenvalue weighted by atomic mass is 16.6. The van der Waals surface area contributed by atoms with E-state index in [1.807, 2.05) is 13.8 Å². The lowest BCUT2D eigenvalue weighted by molar-refractivity contribution is -0.147. The van der Waals surface area contributed by atoms with Crippen molar-refractivity contribution in [3.63, 3.8) is 0 Å². The smallest absolute Gasteiger partial charge is 0.334 e. The summed E-state index contributed by atoms with van der Waals surface area (Å²) < 4.78 is 19.9. The fraction of sp³-hybridized carbons (Fsp3) is 0.722. The van der Waals surface area contributed by atoms with E-state index in [9.17, 15) is 14.4 Å². The van der Waals surface area contributed by atoms with Crippen LogP contribution in [0.25, 0.3) is 0 Å². The highest BCUT2D eigenvalue weighted by molar-refractivity contribution is 5.99. The Labute approximate surface area is 154 Å². The quantitative estimate of drug-likeness (QED) is 0.199. The summed E-state index contributed by atoms with van der Waals surface area (Å²) in [6.07, 6.45) is 3.70. The van der Waals surface area contributed by atoms with Gasteiger partial charge in [0.25, 0.3) is 0 Å². The minimum atomic E-state index is -0.737. The van der Waals surface area contributed by atoms with Crippen molar-refractivity contribution in [3.8, 4) is 0 Å². The zero-order valence-corrected chi connectivity index (χ0v) is 15.7. The highest BCUT2D eigenvalue weighted by Gasteiger charge is 2.18. The first-order valence-corrected chi connectivity index (χ1v) is 8.93. The molecule has 0 atom stereocenters. The summed E-state index contributed by atoms with van der Waals surface area (Å²) in [7, 11) is 0. The number of carbonyl (C=O) groups excluding carboxylic acids is 3. The van der Waals surface area contributed by atoms with Gasteiger partial charge in [0.1, 0.15) is 6.61 Å². The zero-order chi connectivity index (χ0) is 19.6. The number of unbranched alkanes of at least 4 members (excludes halogenated alkanes) is 2. The van der Waals surface area contributed by atoms with Gasteiger partial charge in [-0.2, -0.15) is 0 Å². The van der Waals surface area contributed by atoms with E-state index < -0.39 is 24.3 Å². The van der Waals surface area contributed by atoms with Crippen LogP contribution < -0.4 is 0 Å². The van der Waals surface area contributed by atoms with Crippen LogP contribution in [-0.2, 0) is 33.3 Å². The number of ether oxygens (including phenoxy) is 4. The molecule has 26 heavy (non-hydrogen) atoms. The summed E-state index contributed by atoms with van der Waals surface area (Å²) in [5.41, 5.74) is -0.108. The third kappa shape index (κ3) is 13.4.